The number of carboxylic acid groups (broad SMARTS) is 1. The van der Waals surface area contributed by atoms with Crippen LogP contribution < -0.4 is 0 Å². The van der Waals surface area contributed by atoms with Gasteiger partial charge in [-0.25, -0.2) is 4.79 Å². The van der Waals surface area contributed by atoms with E-state index >= 15 is 0 Å². The Morgan fingerprint density at radius 3 is 2.33 bits per heavy atom. The molecule has 0 spiro atoms. The second-order valence-corrected chi connectivity index (χ2v) is 4.71. The summed E-state index contributed by atoms with van der Waals surface area (Å²) in [5, 5.41) is 9.67. The quantitative estimate of drug-likeness (QED) is 0.873. The molecule has 0 unspecified atom stereocenters. The highest BCUT2D eigenvalue weighted by molar-refractivity contribution is 6.31. The fourth-order valence-corrected chi connectivity index (χ4v) is 2.05. The van der Waals surface area contributed by atoms with E-state index in [1.165, 1.54) is 0 Å². The molecule has 2 rings (SSSR count). The van der Waals surface area contributed by atoms with Crippen LogP contribution in [0.3, 0.4) is 0 Å². The maximum Gasteiger partial charge on any atom is 0.335 e. The van der Waals surface area contributed by atoms with Crippen molar-refractivity contribution < 1.29 is 9.90 Å². The van der Waals surface area contributed by atoms with Crippen molar-refractivity contribution in [3.8, 4) is 11.1 Å². The van der Waals surface area contributed by atoms with E-state index in [4.69, 9.17) is 16.7 Å². The Hall–Kier alpha value is -1.80. The molecule has 0 aromatic heterocycles. The van der Waals surface area contributed by atoms with Gasteiger partial charge in [0.2, 0.25) is 0 Å². The van der Waals surface area contributed by atoms with Gasteiger partial charge >= 0.3 is 5.97 Å². The zero-order valence-electron chi connectivity index (χ0n) is 10.2. The van der Waals surface area contributed by atoms with E-state index in [-0.39, 0.29) is 0 Å². The maximum atomic E-state index is 10.9. The van der Waals surface area contributed by atoms with Gasteiger partial charge in [-0.1, -0.05) is 23.7 Å². The third-order valence-corrected chi connectivity index (χ3v) is 3.37. The average Bonchev–Trinajstić information content (AvgIpc) is 2.32. The summed E-state index contributed by atoms with van der Waals surface area (Å²) in [6.07, 6.45) is 0. The first kappa shape index (κ1) is 12.7. The monoisotopic (exact) mass is 260 g/mol. The van der Waals surface area contributed by atoms with E-state index in [2.05, 4.69) is 0 Å². The number of benzene rings is 2. The number of hydrogen-bond acceptors (Lipinski definition) is 1. The third kappa shape index (κ3) is 2.39. The molecular formula is C15H13ClO2. The van der Waals surface area contributed by atoms with E-state index in [0.29, 0.717) is 5.56 Å². The number of carboxylic acids is 1. The Kier molecular flexibility index (Phi) is 3.39. The van der Waals surface area contributed by atoms with E-state index in [1.54, 1.807) is 12.1 Å². The summed E-state index contributed by atoms with van der Waals surface area (Å²) >= 11 is 6.00. The standard InChI is InChI=1S/C15H13ClO2/c1-9-7-12(15(17)18)3-5-13(9)11-4-6-14(16)10(2)8-11/h3-8H,1-2H3,(H,17,18). The highest BCUT2D eigenvalue weighted by atomic mass is 35.5. The number of hydrogen-bond donors (Lipinski definition) is 1. The largest absolute Gasteiger partial charge is 0.478 e. The fourth-order valence-electron chi connectivity index (χ4n) is 1.93. The molecule has 0 aliphatic carbocycles. The zero-order chi connectivity index (χ0) is 13.3. The molecule has 0 radical (unpaired) electrons. The number of carbonyl (C=O) groups is 1. The molecule has 0 amide bonds. The Labute approximate surface area is 111 Å². The van der Waals surface area contributed by atoms with Crippen LogP contribution in [0.2, 0.25) is 5.02 Å². The number of aromatic carboxylic acids is 1. The van der Waals surface area contributed by atoms with Crippen molar-refractivity contribution in [1.29, 1.82) is 0 Å². The molecule has 92 valence electrons. The van der Waals surface area contributed by atoms with Crippen LogP contribution in [0, 0.1) is 13.8 Å². The number of halogens is 1. The fraction of sp³-hybridized carbons (Fsp3) is 0.133. The minimum Gasteiger partial charge on any atom is -0.478 e. The average molecular weight is 261 g/mol. The second-order valence-electron chi connectivity index (χ2n) is 4.30. The lowest BCUT2D eigenvalue weighted by atomic mass is 9.97. The predicted octanol–water partition coefficient (Wildman–Crippen LogP) is 4.32. The Morgan fingerprint density at radius 1 is 1.06 bits per heavy atom. The SMILES string of the molecule is Cc1cc(-c2ccc(C(=O)O)cc2C)ccc1Cl. The smallest absolute Gasteiger partial charge is 0.335 e. The molecule has 3 heteroatoms. The summed E-state index contributed by atoms with van der Waals surface area (Å²) in [6.45, 7) is 3.86. The van der Waals surface area contributed by atoms with Gasteiger partial charge in [-0.3, -0.25) is 0 Å². The Morgan fingerprint density at radius 2 is 1.78 bits per heavy atom. The number of aryl methyl sites for hydroxylation is 2. The van der Waals surface area contributed by atoms with Crippen LogP contribution in [0.4, 0.5) is 0 Å². The van der Waals surface area contributed by atoms with Gasteiger partial charge in [0.25, 0.3) is 0 Å². The predicted molar refractivity (Wildman–Crippen MR) is 73.3 cm³/mol. The third-order valence-electron chi connectivity index (χ3n) is 2.94. The van der Waals surface area contributed by atoms with Crippen molar-refractivity contribution in [2.75, 3.05) is 0 Å². The van der Waals surface area contributed by atoms with Gasteiger partial charge in [-0.05, 0) is 60.4 Å². The molecule has 0 fully saturated rings. The maximum absolute atomic E-state index is 10.9. The van der Waals surface area contributed by atoms with Gasteiger partial charge in [0.05, 0.1) is 5.56 Å². The summed E-state index contributed by atoms with van der Waals surface area (Å²) < 4.78 is 0. The molecule has 0 aliphatic heterocycles. The minimum atomic E-state index is -0.906. The lowest BCUT2D eigenvalue weighted by molar-refractivity contribution is 0.0697. The lowest BCUT2D eigenvalue weighted by Crippen LogP contribution is -1.97. The van der Waals surface area contributed by atoms with Gasteiger partial charge in [-0.15, -0.1) is 0 Å². The molecular weight excluding hydrogens is 248 g/mol. The summed E-state index contributed by atoms with van der Waals surface area (Å²) in [6, 6.07) is 10.9. The highest BCUT2D eigenvalue weighted by Crippen LogP contribution is 2.27. The molecule has 0 heterocycles. The highest BCUT2D eigenvalue weighted by Gasteiger charge is 2.08. The molecule has 0 atom stereocenters. The van der Waals surface area contributed by atoms with Gasteiger partial charge in [0.1, 0.15) is 0 Å². The van der Waals surface area contributed by atoms with E-state index in [0.717, 1.165) is 27.3 Å². The summed E-state index contributed by atoms with van der Waals surface area (Å²) in [5.41, 5.74) is 4.33. The van der Waals surface area contributed by atoms with Gasteiger partial charge in [-0.2, -0.15) is 0 Å². The second kappa shape index (κ2) is 4.83. The van der Waals surface area contributed by atoms with Crippen LogP contribution in [-0.2, 0) is 0 Å². The molecule has 2 aromatic rings. The molecule has 0 saturated heterocycles. The summed E-state index contributed by atoms with van der Waals surface area (Å²) in [5.74, 6) is -0.906. The van der Waals surface area contributed by atoms with Crippen LogP contribution in [0.25, 0.3) is 11.1 Å². The van der Waals surface area contributed by atoms with Crippen molar-refractivity contribution >= 4 is 17.6 Å². The molecule has 2 aromatic carbocycles. The molecule has 2 nitrogen and oxygen atoms in total. The molecule has 0 saturated carbocycles. The van der Waals surface area contributed by atoms with Crippen molar-refractivity contribution in [3.63, 3.8) is 0 Å². The van der Waals surface area contributed by atoms with Crippen molar-refractivity contribution in [2.24, 2.45) is 0 Å². The molecule has 0 aliphatic rings. The molecule has 1 N–H and O–H groups in total. The van der Waals surface area contributed by atoms with Crippen molar-refractivity contribution in [3.05, 3.63) is 58.1 Å². The van der Waals surface area contributed by atoms with Crippen LogP contribution >= 0.6 is 11.6 Å². The summed E-state index contributed by atoms with van der Waals surface area (Å²) in [4.78, 5) is 10.9. The molecule has 18 heavy (non-hydrogen) atoms. The van der Waals surface area contributed by atoms with Gasteiger partial charge in [0, 0.05) is 5.02 Å². The minimum absolute atomic E-state index is 0.307. The van der Waals surface area contributed by atoms with Crippen LogP contribution in [0.1, 0.15) is 21.5 Å². The van der Waals surface area contributed by atoms with Crippen LogP contribution in [-0.4, -0.2) is 11.1 Å². The zero-order valence-corrected chi connectivity index (χ0v) is 11.0. The first-order valence-electron chi connectivity index (χ1n) is 5.59. The van der Waals surface area contributed by atoms with Gasteiger partial charge < -0.3 is 5.11 Å². The Bertz CT molecular complexity index is 618. The van der Waals surface area contributed by atoms with Crippen LogP contribution in [0.15, 0.2) is 36.4 Å². The van der Waals surface area contributed by atoms with E-state index < -0.39 is 5.97 Å². The normalized spacial score (nSPS) is 10.4. The first-order valence-corrected chi connectivity index (χ1v) is 5.97. The molecule has 0 bridgehead atoms. The van der Waals surface area contributed by atoms with E-state index in [9.17, 15) is 4.79 Å². The van der Waals surface area contributed by atoms with E-state index in [1.807, 2.05) is 38.1 Å². The number of rotatable bonds is 2. The topological polar surface area (TPSA) is 37.3 Å². The lowest BCUT2D eigenvalue weighted by Gasteiger charge is -2.09. The first-order chi connectivity index (χ1) is 8.49. The van der Waals surface area contributed by atoms with Gasteiger partial charge in [0.15, 0.2) is 0 Å². The van der Waals surface area contributed by atoms with Crippen molar-refractivity contribution in [1.82, 2.24) is 0 Å². The summed E-state index contributed by atoms with van der Waals surface area (Å²) in [7, 11) is 0. The van der Waals surface area contributed by atoms with Crippen molar-refractivity contribution in [2.45, 2.75) is 13.8 Å². The Balaban J connectivity index is 2.51. The van der Waals surface area contributed by atoms with Crippen LogP contribution in [0.5, 0.6) is 0 Å².